The van der Waals surface area contributed by atoms with Gasteiger partial charge in [0, 0.05) is 16.6 Å². The summed E-state index contributed by atoms with van der Waals surface area (Å²) in [6.07, 6.45) is 0.335. The molecule has 0 aliphatic carbocycles. The molecule has 0 radical (unpaired) electrons. The average molecular weight is 479 g/mol. The molecule has 0 amide bonds. The minimum absolute atomic E-state index is 0.0801. The van der Waals surface area contributed by atoms with E-state index in [2.05, 4.69) is 20.7 Å². The lowest BCUT2D eigenvalue weighted by Crippen LogP contribution is -2.26. The maximum Gasteiger partial charge on any atom is 0.387 e. The van der Waals surface area contributed by atoms with Crippen LogP contribution in [-0.4, -0.2) is 27.4 Å². The second kappa shape index (κ2) is 8.84. The standard InChI is InChI=1S/C19H18BrF3O4S/c20-13-4-5-16(17(21)9-13)18-8-12(6-7-26-18)11-28(24,25)15-3-1-2-14(10-15)27-19(22)23/h1-5,9-10,12,18-19H,6-8,11H2. The molecule has 0 bridgehead atoms. The fourth-order valence-corrected chi connectivity index (χ4v) is 5.28. The number of halogens is 4. The van der Waals surface area contributed by atoms with Gasteiger partial charge in [-0.3, -0.25) is 0 Å². The zero-order valence-electron chi connectivity index (χ0n) is 14.7. The van der Waals surface area contributed by atoms with Crippen molar-refractivity contribution in [1.29, 1.82) is 0 Å². The summed E-state index contributed by atoms with van der Waals surface area (Å²) < 4.78 is 74.9. The van der Waals surface area contributed by atoms with E-state index in [1.165, 1.54) is 24.3 Å². The highest BCUT2D eigenvalue weighted by atomic mass is 79.9. The van der Waals surface area contributed by atoms with E-state index in [0.29, 0.717) is 29.5 Å². The third-order valence-corrected chi connectivity index (χ3v) is 6.92. The normalized spacial score (nSPS) is 20.3. The Morgan fingerprint density at radius 1 is 1.21 bits per heavy atom. The second-order valence-corrected chi connectivity index (χ2v) is 9.50. The molecule has 152 valence electrons. The van der Waals surface area contributed by atoms with Crippen LogP contribution in [-0.2, 0) is 14.6 Å². The van der Waals surface area contributed by atoms with Crippen molar-refractivity contribution in [2.24, 2.45) is 5.92 Å². The number of alkyl halides is 2. The minimum Gasteiger partial charge on any atom is -0.435 e. The molecule has 1 saturated heterocycles. The molecule has 1 aliphatic heterocycles. The molecule has 1 fully saturated rings. The first-order valence-corrected chi connectivity index (χ1v) is 11.0. The number of sulfone groups is 1. The molecule has 9 heteroatoms. The van der Waals surface area contributed by atoms with E-state index in [4.69, 9.17) is 4.74 Å². The first kappa shape index (κ1) is 21.1. The summed E-state index contributed by atoms with van der Waals surface area (Å²) in [6, 6.07) is 9.72. The summed E-state index contributed by atoms with van der Waals surface area (Å²) in [5, 5.41) is 0. The number of hydrogen-bond acceptors (Lipinski definition) is 4. The fraction of sp³-hybridized carbons (Fsp3) is 0.368. The Morgan fingerprint density at radius 3 is 2.71 bits per heavy atom. The fourth-order valence-electron chi connectivity index (χ4n) is 3.25. The van der Waals surface area contributed by atoms with Crippen LogP contribution in [0.3, 0.4) is 0 Å². The molecule has 1 heterocycles. The van der Waals surface area contributed by atoms with E-state index in [0.717, 1.165) is 6.07 Å². The largest absolute Gasteiger partial charge is 0.435 e. The molecule has 0 N–H and O–H groups in total. The van der Waals surface area contributed by atoms with Crippen molar-refractivity contribution < 1.29 is 31.1 Å². The molecule has 2 aromatic rings. The monoisotopic (exact) mass is 478 g/mol. The molecule has 28 heavy (non-hydrogen) atoms. The van der Waals surface area contributed by atoms with Gasteiger partial charge in [-0.2, -0.15) is 8.78 Å². The van der Waals surface area contributed by atoms with Crippen LogP contribution < -0.4 is 4.74 Å². The summed E-state index contributed by atoms with van der Waals surface area (Å²) in [4.78, 5) is -0.0801. The molecule has 0 aromatic heterocycles. The maximum atomic E-state index is 14.2. The van der Waals surface area contributed by atoms with Crippen molar-refractivity contribution in [3.63, 3.8) is 0 Å². The van der Waals surface area contributed by atoms with E-state index in [-0.39, 0.29) is 22.3 Å². The number of ether oxygens (including phenoxy) is 2. The van der Waals surface area contributed by atoms with Crippen LogP contribution in [0.5, 0.6) is 5.75 Å². The van der Waals surface area contributed by atoms with Crippen LogP contribution in [0.2, 0.25) is 0 Å². The predicted octanol–water partition coefficient (Wildman–Crippen LogP) is 5.13. The molecule has 2 aromatic carbocycles. The molecule has 4 nitrogen and oxygen atoms in total. The van der Waals surface area contributed by atoms with Crippen molar-refractivity contribution in [2.45, 2.75) is 30.5 Å². The van der Waals surface area contributed by atoms with Gasteiger partial charge in [0.15, 0.2) is 9.84 Å². The topological polar surface area (TPSA) is 52.6 Å². The van der Waals surface area contributed by atoms with Gasteiger partial charge in [-0.1, -0.05) is 28.1 Å². The van der Waals surface area contributed by atoms with E-state index in [9.17, 15) is 21.6 Å². The van der Waals surface area contributed by atoms with Gasteiger partial charge in [0.25, 0.3) is 0 Å². The zero-order chi connectivity index (χ0) is 20.3. The predicted molar refractivity (Wildman–Crippen MR) is 101 cm³/mol. The van der Waals surface area contributed by atoms with Crippen LogP contribution in [0.15, 0.2) is 51.8 Å². The first-order valence-electron chi connectivity index (χ1n) is 8.59. The van der Waals surface area contributed by atoms with Gasteiger partial charge >= 0.3 is 6.61 Å². The van der Waals surface area contributed by atoms with Gasteiger partial charge in [-0.25, -0.2) is 12.8 Å². The van der Waals surface area contributed by atoms with Crippen LogP contribution in [0.4, 0.5) is 13.2 Å². The molecular weight excluding hydrogens is 461 g/mol. The Labute approximate surface area is 169 Å². The van der Waals surface area contributed by atoms with Crippen LogP contribution >= 0.6 is 15.9 Å². The van der Waals surface area contributed by atoms with Gasteiger partial charge in [-0.15, -0.1) is 0 Å². The highest BCUT2D eigenvalue weighted by molar-refractivity contribution is 9.10. The van der Waals surface area contributed by atoms with Gasteiger partial charge in [0.05, 0.1) is 16.8 Å². The molecule has 2 unspecified atom stereocenters. The Balaban J connectivity index is 1.73. The molecule has 3 rings (SSSR count). The van der Waals surface area contributed by atoms with Crippen molar-refractivity contribution in [1.82, 2.24) is 0 Å². The second-order valence-electron chi connectivity index (χ2n) is 6.55. The molecule has 2 atom stereocenters. The van der Waals surface area contributed by atoms with Crippen molar-refractivity contribution >= 4 is 25.8 Å². The Kier molecular flexibility index (Phi) is 6.67. The van der Waals surface area contributed by atoms with Crippen LogP contribution in [0, 0.1) is 11.7 Å². The third kappa shape index (κ3) is 5.27. The zero-order valence-corrected chi connectivity index (χ0v) is 17.1. The van der Waals surface area contributed by atoms with Crippen molar-refractivity contribution in [2.75, 3.05) is 12.4 Å². The van der Waals surface area contributed by atoms with Crippen LogP contribution in [0.1, 0.15) is 24.5 Å². The number of rotatable bonds is 6. The molecule has 0 spiro atoms. The summed E-state index contributed by atoms with van der Waals surface area (Å²) in [5.41, 5.74) is 0.387. The minimum atomic E-state index is -3.72. The summed E-state index contributed by atoms with van der Waals surface area (Å²) in [5.74, 6) is -1.05. The average Bonchev–Trinajstić information content (AvgIpc) is 2.61. The van der Waals surface area contributed by atoms with Gasteiger partial charge < -0.3 is 9.47 Å². The molecule has 0 saturated carbocycles. The van der Waals surface area contributed by atoms with Gasteiger partial charge in [-0.05, 0) is 49.1 Å². The third-order valence-electron chi connectivity index (χ3n) is 4.55. The van der Waals surface area contributed by atoms with Gasteiger partial charge in [0.1, 0.15) is 11.6 Å². The lowest BCUT2D eigenvalue weighted by molar-refractivity contribution is -0.0500. The number of benzene rings is 2. The highest BCUT2D eigenvalue weighted by Gasteiger charge is 2.30. The van der Waals surface area contributed by atoms with Crippen molar-refractivity contribution in [3.05, 3.63) is 58.3 Å². The Morgan fingerprint density at radius 2 is 2.00 bits per heavy atom. The maximum absolute atomic E-state index is 14.2. The van der Waals surface area contributed by atoms with E-state index in [1.54, 1.807) is 12.1 Å². The van der Waals surface area contributed by atoms with E-state index >= 15 is 0 Å². The first-order chi connectivity index (χ1) is 13.2. The number of hydrogen-bond donors (Lipinski definition) is 0. The Bertz CT molecular complexity index is 937. The molecular formula is C19H18BrF3O4S. The molecule has 1 aliphatic rings. The van der Waals surface area contributed by atoms with E-state index in [1.807, 2.05) is 0 Å². The van der Waals surface area contributed by atoms with E-state index < -0.39 is 28.4 Å². The Hall–Kier alpha value is -1.58. The summed E-state index contributed by atoms with van der Waals surface area (Å²) in [7, 11) is -3.72. The summed E-state index contributed by atoms with van der Waals surface area (Å²) in [6.45, 7) is -2.72. The quantitative estimate of drug-likeness (QED) is 0.577. The SMILES string of the molecule is O=S(=O)(CC1CCOC(c2ccc(Br)cc2F)C1)c1cccc(OC(F)F)c1. The van der Waals surface area contributed by atoms with Crippen LogP contribution in [0.25, 0.3) is 0 Å². The highest BCUT2D eigenvalue weighted by Crippen LogP contribution is 2.35. The lowest BCUT2D eigenvalue weighted by atomic mass is 9.93. The summed E-state index contributed by atoms with van der Waals surface area (Å²) >= 11 is 3.20. The smallest absolute Gasteiger partial charge is 0.387 e. The van der Waals surface area contributed by atoms with Gasteiger partial charge in [0.2, 0.25) is 0 Å². The van der Waals surface area contributed by atoms with Crippen molar-refractivity contribution in [3.8, 4) is 5.75 Å². The lowest BCUT2D eigenvalue weighted by Gasteiger charge is -2.30.